The molecule has 0 aliphatic carbocycles. The van der Waals surface area contributed by atoms with Crippen LogP contribution in [0, 0.1) is 0 Å². The molecule has 0 amide bonds. The molecule has 2 aromatic heterocycles. The van der Waals surface area contributed by atoms with Gasteiger partial charge in [0, 0.05) is 26.2 Å². The van der Waals surface area contributed by atoms with Crippen molar-refractivity contribution in [1.82, 2.24) is 24.6 Å². The van der Waals surface area contributed by atoms with E-state index in [9.17, 15) is 0 Å². The number of fused-ring (bicyclic) bond motifs is 1. The maximum Gasteiger partial charge on any atom is 0.163 e. The first kappa shape index (κ1) is 12.3. The first-order valence-corrected chi connectivity index (χ1v) is 6.89. The van der Waals surface area contributed by atoms with Gasteiger partial charge in [0.15, 0.2) is 5.65 Å². The van der Waals surface area contributed by atoms with E-state index >= 15 is 0 Å². The smallest absolute Gasteiger partial charge is 0.163 e. The van der Waals surface area contributed by atoms with Gasteiger partial charge in [-0.2, -0.15) is 5.10 Å². The Labute approximate surface area is 112 Å². The topological polar surface area (TPSA) is 58.9 Å². The zero-order chi connectivity index (χ0) is 13.2. The van der Waals surface area contributed by atoms with Gasteiger partial charge in [0.1, 0.15) is 12.1 Å². The minimum Gasteiger partial charge on any atom is -0.367 e. The number of aromatic nitrogens is 4. The molecule has 102 valence electrons. The third-order valence-electron chi connectivity index (χ3n) is 3.91. The van der Waals surface area contributed by atoms with Crippen LogP contribution in [0.25, 0.3) is 11.0 Å². The van der Waals surface area contributed by atoms with Gasteiger partial charge < -0.3 is 10.2 Å². The lowest BCUT2D eigenvalue weighted by molar-refractivity contribution is 0.229. The van der Waals surface area contributed by atoms with Gasteiger partial charge >= 0.3 is 0 Å². The highest BCUT2D eigenvalue weighted by Gasteiger charge is 2.19. The Morgan fingerprint density at radius 2 is 2.11 bits per heavy atom. The Kier molecular flexibility index (Phi) is 3.33. The van der Waals surface area contributed by atoms with Crippen molar-refractivity contribution in [3.8, 4) is 0 Å². The predicted molar refractivity (Wildman–Crippen MR) is 75.1 cm³/mol. The summed E-state index contributed by atoms with van der Waals surface area (Å²) in [4.78, 5) is 11.1. The van der Waals surface area contributed by atoms with E-state index in [0.29, 0.717) is 6.04 Å². The van der Waals surface area contributed by atoms with Crippen LogP contribution >= 0.6 is 0 Å². The van der Waals surface area contributed by atoms with E-state index in [2.05, 4.69) is 32.2 Å². The molecule has 0 radical (unpaired) electrons. The molecular weight excluding hydrogens is 240 g/mol. The number of rotatable bonds is 3. The van der Waals surface area contributed by atoms with Crippen molar-refractivity contribution in [3.05, 3.63) is 12.5 Å². The maximum atomic E-state index is 4.36. The van der Waals surface area contributed by atoms with Crippen molar-refractivity contribution in [2.75, 3.05) is 25.0 Å². The Hall–Kier alpha value is -1.69. The van der Waals surface area contributed by atoms with E-state index in [4.69, 9.17) is 0 Å². The molecule has 6 nitrogen and oxygen atoms in total. The van der Waals surface area contributed by atoms with E-state index in [1.807, 2.05) is 13.2 Å². The van der Waals surface area contributed by atoms with Gasteiger partial charge in [0.2, 0.25) is 0 Å². The minimum atomic E-state index is 0.501. The molecule has 0 aromatic carbocycles. The van der Waals surface area contributed by atoms with Crippen molar-refractivity contribution in [3.63, 3.8) is 0 Å². The highest BCUT2D eigenvalue weighted by Crippen LogP contribution is 2.21. The van der Waals surface area contributed by atoms with Gasteiger partial charge in [-0.1, -0.05) is 6.92 Å². The summed E-state index contributed by atoms with van der Waals surface area (Å²) in [7, 11) is 1.90. The quantitative estimate of drug-likeness (QED) is 0.900. The Bertz CT molecular complexity index is 555. The first-order chi connectivity index (χ1) is 9.28. The highest BCUT2D eigenvalue weighted by molar-refractivity contribution is 5.86. The third kappa shape index (κ3) is 2.40. The summed E-state index contributed by atoms with van der Waals surface area (Å²) in [6.07, 6.45) is 5.77. The number of anilines is 1. The number of hydrogen-bond acceptors (Lipinski definition) is 5. The molecule has 0 spiro atoms. The lowest BCUT2D eigenvalue weighted by atomic mass is 10.1. The number of hydrogen-bond donors (Lipinski definition) is 1. The molecule has 3 rings (SSSR count). The van der Waals surface area contributed by atoms with Crippen molar-refractivity contribution in [1.29, 1.82) is 0 Å². The molecule has 1 aliphatic heterocycles. The molecule has 6 heteroatoms. The molecule has 0 bridgehead atoms. The molecule has 0 atom stereocenters. The largest absolute Gasteiger partial charge is 0.367 e. The molecular formula is C13H20N6. The summed E-state index contributed by atoms with van der Waals surface area (Å²) in [6.45, 7) is 5.69. The van der Waals surface area contributed by atoms with Gasteiger partial charge in [-0.15, -0.1) is 0 Å². The second-order valence-corrected chi connectivity index (χ2v) is 5.08. The van der Waals surface area contributed by atoms with E-state index in [1.54, 1.807) is 11.0 Å². The number of likely N-dealkylation sites (tertiary alicyclic amines) is 1. The van der Waals surface area contributed by atoms with Crippen LogP contribution in [0.4, 0.5) is 5.82 Å². The summed E-state index contributed by atoms with van der Waals surface area (Å²) >= 11 is 0. The molecule has 3 heterocycles. The van der Waals surface area contributed by atoms with Crippen LogP contribution < -0.4 is 5.32 Å². The monoisotopic (exact) mass is 260 g/mol. The zero-order valence-electron chi connectivity index (χ0n) is 11.5. The molecule has 1 fully saturated rings. The van der Waals surface area contributed by atoms with Crippen molar-refractivity contribution >= 4 is 16.9 Å². The minimum absolute atomic E-state index is 0.501. The number of piperidine rings is 1. The zero-order valence-corrected chi connectivity index (χ0v) is 11.5. The number of nitrogens with one attached hydrogen (secondary N) is 1. The summed E-state index contributed by atoms with van der Waals surface area (Å²) in [5.74, 6) is 0.910. The van der Waals surface area contributed by atoms with E-state index in [0.717, 1.165) is 36.5 Å². The molecule has 19 heavy (non-hydrogen) atoms. The summed E-state index contributed by atoms with van der Waals surface area (Å²) in [5.41, 5.74) is 0.878. The fourth-order valence-corrected chi connectivity index (χ4v) is 2.66. The number of aryl methyl sites for hydroxylation is 1. The van der Waals surface area contributed by atoms with Gasteiger partial charge in [-0.05, 0) is 19.4 Å². The van der Waals surface area contributed by atoms with Gasteiger partial charge in [0.25, 0.3) is 0 Å². The van der Waals surface area contributed by atoms with Gasteiger partial charge in [-0.3, -0.25) is 4.68 Å². The average Bonchev–Trinajstić information content (AvgIpc) is 2.83. The number of nitrogens with zero attached hydrogens (tertiary/aromatic N) is 5. The fraction of sp³-hybridized carbons (Fsp3) is 0.615. The normalized spacial score (nSPS) is 18.0. The third-order valence-corrected chi connectivity index (χ3v) is 3.91. The molecule has 2 aromatic rings. The van der Waals surface area contributed by atoms with E-state index < -0.39 is 0 Å². The van der Waals surface area contributed by atoms with Crippen molar-refractivity contribution in [2.45, 2.75) is 25.8 Å². The van der Waals surface area contributed by atoms with Crippen LogP contribution in [0.2, 0.25) is 0 Å². The highest BCUT2D eigenvalue weighted by atomic mass is 15.3. The van der Waals surface area contributed by atoms with E-state index in [-0.39, 0.29) is 0 Å². The Morgan fingerprint density at radius 3 is 2.84 bits per heavy atom. The lowest BCUT2D eigenvalue weighted by Crippen LogP contribution is -2.39. The Balaban J connectivity index is 1.75. The first-order valence-electron chi connectivity index (χ1n) is 6.89. The second kappa shape index (κ2) is 5.13. The van der Waals surface area contributed by atoms with Crippen LogP contribution in [0.5, 0.6) is 0 Å². The van der Waals surface area contributed by atoms with E-state index in [1.165, 1.54) is 12.8 Å². The second-order valence-electron chi connectivity index (χ2n) is 5.08. The maximum absolute atomic E-state index is 4.36. The lowest BCUT2D eigenvalue weighted by Gasteiger charge is -2.31. The van der Waals surface area contributed by atoms with Crippen LogP contribution in [0.1, 0.15) is 19.8 Å². The van der Waals surface area contributed by atoms with Crippen LogP contribution in [0.3, 0.4) is 0 Å². The fourth-order valence-electron chi connectivity index (χ4n) is 2.66. The summed E-state index contributed by atoms with van der Waals surface area (Å²) in [6, 6.07) is 0.501. The van der Waals surface area contributed by atoms with Crippen molar-refractivity contribution in [2.24, 2.45) is 7.05 Å². The van der Waals surface area contributed by atoms with Crippen LogP contribution in [-0.2, 0) is 7.05 Å². The Morgan fingerprint density at radius 1 is 1.32 bits per heavy atom. The van der Waals surface area contributed by atoms with Gasteiger partial charge in [0.05, 0.1) is 11.6 Å². The van der Waals surface area contributed by atoms with Crippen LogP contribution in [0.15, 0.2) is 12.5 Å². The standard InChI is InChI=1S/C13H20N6/c1-3-19-6-4-10(5-7-19)17-12-11-8-16-18(2)13(11)15-9-14-12/h8-10H,3-7H2,1-2H3,(H,14,15,17). The average molecular weight is 260 g/mol. The molecule has 1 saturated heterocycles. The predicted octanol–water partition coefficient (Wildman–Crippen LogP) is 1.26. The van der Waals surface area contributed by atoms with Crippen LogP contribution in [-0.4, -0.2) is 50.3 Å². The molecule has 1 aliphatic rings. The van der Waals surface area contributed by atoms with Gasteiger partial charge in [-0.25, -0.2) is 9.97 Å². The summed E-state index contributed by atoms with van der Waals surface area (Å²) < 4.78 is 1.78. The molecule has 0 saturated carbocycles. The summed E-state index contributed by atoms with van der Waals surface area (Å²) in [5, 5.41) is 8.79. The SMILES string of the molecule is CCN1CCC(Nc2ncnc3c2cnn3C)CC1. The van der Waals surface area contributed by atoms with Crippen molar-refractivity contribution < 1.29 is 0 Å². The molecule has 0 unspecified atom stereocenters. The molecule has 1 N–H and O–H groups in total.